The number of hydrogen-bond donors (Lipinski definition) is 4. The lowest BCUT2D eigenvalue weighted by molar-refractivity contribution is -0.137. The Labute approximate surface area is 72.5 Å². The molecule has 0 aromatic heterocycles. The zero-order chi connectivity index (χ0) is 9.98. The molecule has 0 fully saturated rings. The number of aliphatic hydroxyl groups excluding tert-OH is 1. The highest BCUT2D eigenvalue weighted by molar-refractivity contribution is 5.66. The standard InChI is InChI=1S/C5H10O2.C2H8N2O/c1-2-3-4-5(6)7;1-2(5)4-3/h2-4H2,1H3,(H,6,7);2,4-5H,3H2,1H3. The van der Waals surface area contributed by atoms with Gasteiger partial charge in [0.15, 0.2) is 0 Å². The van der Waals surface area contributed by atoms with Gasteiger partial charge in [0.1, 0.15) is 6.23 Å². The molecule has 12 heavy (non-hydrogen) atoms. The number of carbonyl (C=O) groups is 1. The maximum atomic E-state index is 9.76. The fraction of sp³-hybridized carbons (Fsp3) is 0.857. The molecule has 5 heteroatoms. The number of carboxylic acids is 1. The quantitative estimate of drug-likeness (QED) is 0.277. The molecule has 0 bridgehead atoms. The summed E-state index contributed by atoms with van der Waals surface area (Å²) in [5.74, 6) is 3.98. The maximum Gasteiger partial charge on any atom is 0.303 e. The van der Waals surface area contributed by atoms with Crippen LogP contribution >= 0.6 is 0 Å². The normalized spacial score (nSPS) is 11.3. The van der Waals surface area contributed by atoms with Gasteiger partial charge in [-0.1, -0.05) is 13.3 Å². The summed E-state index contributed by atoms with van der Waals surface area (Å²) in [6.07, 6.45) is 1.49. The van der Waals surface area contributed by atoms with Gasteiger partial charge >= 0.3 is 5.97 Å². The van der Waals surface area contributed by atoms with Crippen LogP contribution in [0.4, 0.5) is 0 Å². The van der Waals surface area contributed by atoms with Crippen LogP contribution in [0.25, 0.3) is 0 Å². The minimum Gasteiger partial charge on any atom is -0.481 e. The third-order valence-corrected chi connectivity index (χ3v) is 0.985. The summed E-state index contributed by atoms with van der Waals surface area (Å²) in [4.78, 5) is 9.76. The van der Waals surface area contributed by atoms with E-state index in [9.17, 15) is 4.79 Å². The van der Waals surface area contributed by atoms with Crippen molar-refractivity contribution >= 4 is 5.97 Å². The van der Waals surface area contributed by atoms with E-state index in [1.54, 1.807) is 6.92 Å². The van der Waals surface area contributed by atoms with Crippen LogP contribution in [-0.4, -0.2) is 22.4 Å². The molecule has 0 heterocycles. The number of rotatable bonds is 4. The number of carboxylic acid groups (broad SMARTS) is 1. The second-order valence-corrected chi connectivity index (χ2v) is 2.34. The van der Waals surface area contributed by atoms with Gasteiger partial charge in [-0.25, -0.2) is 5.43 Å². The maximum absolute atomic E-state index is 9.76. The molecule has 1 atom stereocenters. The molecule has 0 aliphatic heterocycles. The molecule has 0 aromatic carbocycles. The summed E-state index contributed by atoms with van der Waals surface area (Å²) in [5.41, 5.74) is 2.08. The van der Waals surface area contributed by atoms with Crippen LogP contribution in [-0.2, 0) is 4.79 Å². The van der Waals surface area contributed by atoms with E-state index in [1.807, 2.05) is 6.92 Å². The van der Waals surface area contributed by atoms with E-state index >= 15 is 0 Å². The van der Waals surface area contributed by atoms with Crippen LogP contribution in [0, 0.1) is 0 Å². The summed E-state index contributed by atoms with van der Waals surface area (Å²) in [6.45, 7) is 3.52. The van der Waals surface area contributed by atoms with E-state index in [0.29, 0.717) is 6.42 Å². The van der Waals surface area contributed by atoms with E-state index in [-0.39, 0.29) is 0 Å². The number of hydrazine groups is 1. The van der Waals surface area contributed by atoms with E-state index < -0.39 is 12.2 Å². The number of unbranched alkanes of at least 4 members (excludes halogenated alkanes) is 1. The molecule has 0 amide bonds. The topological polar surface area (TPSA) is 95.6 Å². The van der Waals surface area contributed by atoms with E-state index in [2.05, 4.69) is 11.3 Å². The largest absolute Gasteiger partial charge is 0.481 e. The highest BCUT2D eigenvalue weighted by Gasteiger charge is 1.90. The zero-order valence-corrected chi connectivity index (χ0v) is 7.58. The van der Waals surface area contributed by atoms with Crippen molar-refractivity contribution in [3.8, 4) is 0 Å². The lowest BCUT2D eigenvalue weighted by atomic mass is 10.3. The molecule has 5 nitrogen and oxygen atoms in total. The highest BCUT2D eigenvalue weighted by atomic mass is 16.4. The fourth-order valence-corrected chi connectivity index (χ4v) is 0.328. The predicted octanol–water partition coefficient (Wildman–Crippen LogP) is 0.0492. The highest BCUT2D eigenvalue weighted by Crippen LogP contribution is 1.91. The number of nitrogens with two attached hydrogens (primary N) is 1. The first-order valence-electron chi connectivity index (χ1n) is 3.90. The number of aliphatic carboxylic acids is 1. The molecule has 0 saturated carbocycles. The number of aliphatic hydroxyl groups is 1. The van der Waals surface area contributed by atoms with Crippen LogP contribution in [0.2, 0.25) is 0 Å². The number of nitrogens with one attached hydrogen (secondary N) is 1. The monoisotopic (exact) mass is 178 g/mol. The third-order valence-electron chi connectivity index (χ3n) is 0.985. The molecular weight excluding hydrogens is 160 g/mol. The molecule has 1 unspecified atom stereocenters. The van der Waals surface area contributed by atoms with Gasteiger partial charge in [-0.3, -0.25) is 10.6 Å². The fourth-order valence-electron chi connectivity index (χ4n) is 0.328. The van der Waals surface area contributed by atoms with Crippen molar-refractivity contribution in [3.05, 3.63) is 0 Å². The molecule has 0 saturated heterocycles. The second kappa shape index (κ2) is 10.3. The van der Waals surface area contributed by atoms with Gasteiger partial charge in [-0.05, 0) is 13.3 Å². The van der Waals surface area contributed by atoms with Crippen molar-refractivity contribution in [1.29, 1.82) is 0 Å². The van der Waals surface area contributed by atoms with E-state index in [1.165, 1.54) is 0 Å². The van der Waals surface area contributed by atoms with Gasteiger partial charge < -0.3 is 10.2 Å². The SMILES string of the molecule is CC(O)NN.CCCCC(=O)O. The first-order chi connectivity index (χ1) is 5.54. The van der Waals surface area contributed by atoms with Crippen molar-refractivity contribution in [3.63, 3.8) is 0 Å². The summed E-state index contributed by atoms with van der Waals surface area (Å²) in [5, 5.41) is 16.2. The van der Waals surface area contributed by atoms with Gasteiger partial charge in [-0.15, -0.1) is 0 Å². The lowest BCUT2D eigenvalue weighted by Crippen LogP contribution is -2.31. The van der Waals surface area contributed by atoms with Gasteiger partial charge in [-0.2, -0.15) is 0 Å². The Morgan fingerprint density at radius 1 is 1.67 bits per heavy atom. The Morgan fingerprint density at radius 2 is 2.08 bits per heavy atom. The molecule has 0 aliphatic carbocycles. The summed E-state index contributed by atoms with van der Waals surface area (Å²) >= 11 is 0. The zero-order valence-electron chi connectivity index (χ0n) is 7.58. The molecule has 0 spiro atoms. The molecule has 0 radical (unpaired) electrons. The van der Waals surface area contributed by atoms with Crippen molar-refractivity contribution in [2.24, 2.45) is 5.84 Å². The van der Waals surface area contributed by atoms with Gasteiger partial charge in [0.25, 0.3) is 0 Å². The summed E-state index contributed by atoms with van der Waals surface area (Å²) in [6, 6.07) is 0. The second-order valence-electron chi connectivity index (χ2n) is 2.34. The molecule has 0 rings (SSSR count). The van der Waals surface area contributed by atoms with Gasteiger partial charge in [0.2, 0.25) is 0 Å². The average molecular weight is 178 g/mol. The minimum atomic E-state index is -0.693. The summed E-state index contributed by atoms with van der Waals surface area (Å²) in [7, 11) is 0. The van der Waals surface area contributed by atoms with Crippen molar-refractivity contribution in [2.75, 3.05) is 0 Å². The van der Waals surface area contributed by atoms with E-state index in [0.717, 1.165) is 12.8 Å². The Bertz CT molecular complexity index is 107. The molecular formula is C7H18N2O3. The van der Waals surface area contributed by atoms with E-state index in [4.69, 9.17) is 10.2 Å². The average Bonchev–Trinajstić information content (AvgIpc) is 2.02. The Balaban J connectivity index is 0. The Morgan fingerprint density at radius 3 is 2.17 bits per heavy atom. The third kappa shape index (κ3) is 22.8. The molecule has 0 aromatic rings. The minimum absolute atomic E-state index is 0.316. The lowest BCUT2D eigenvalue weighted by Gasteiger charge is -1.94. The molecule has 5 N–H and O–H groups in total. The van der Waals surface area contributed by atoms with Gasteiger partial charge in [0, 0.05) is 6.42 Å². The van der Waals surface area contributed by atoms with Crippen molar-refractivity contribution < 1.29 is 15.0 Å². The van der Waals surface area contributed by atoms with Crippen LogP contribution in [0.1, 0.15) is 33.1 Å². The van der Waals surface area contributed by atoms with Crippen molar-refractivity contribution in [1.82, 2.24) is 5.43 Å². The molecule has 74 valence electrons. The summed E-state index contributed by atoms with van der Waals surface area (Å²) < 4.78 is 0. The van der Waals surface area contributed by atoms with Crippen LogP contribution in [0.3, 0.4) is 0 Å². The van der Waals surface area contributed by atoms with Crippen molar-refractivity contribution in [2.45, 2.75) is 39.3 Å². The first-order valence-corrected chi connectivity index (χ1v) is 3.90. The van der Waals surface area contributed by atoms with Gasteiger partial charge in [0.05, 0.1) is 0 Å². The van der Waals surface area contributed by atoms with Crippen LogP contribution in [0.15, 0.2) is 0 Å². The Hall–Kier alpha value is -0.650. The number of hydrogen-bond acceptors (Lipinski definition) is 4. The smallest absolute Gasteiger partial charge is 0.303 e. The molecule has 0 aliphatic rings. The first kappa shape index (κ1) is 13.9. The predicted molar refractivity (Wildman–Crippen MR) is 46.2 cm³/mol. The Kier molecular flexibility index (Phi) is 12.0. The van der Waals surface area contributed by atoms with Crippen LogP contribution < -0.4 is 11.3 Å². The van der Waals surface area contributed by atoms with Crippen LogP contribution in [0.5, 0.6) is 0 Å².